The van der Waals surface area contributed by atoms with Crippen molar-refractivity contribution in [1.82, 2.24) is 4.98 Å². The standard InChI is InChI=1S/C31H21N/c1-19-9-8-16-26-29-17-27-24-14-6-4-12-22(24)20-10-2-3-11-21(20)23-13-5-7-15-25(23)28(27)18-30(29)32-31(19)26/h2-18,32H,1H3. The van der Waals surface area contributed by atoms with Gasteiger partial charge in [0.2, 0.25) is 0 Å². The van der Waals surface area contributed by atoms with Gasteiger partial charge in [0.25, 0.3) is 0 Å². The summed E-state index contributed by atoms with van der Waals surface area (Å²) in [7, 11) is 0. The van der Waals surface area contributed by atoms with E-state index < -0.39 is 0 Å². The monoisotopic (exact) mass is 407 g/mol. The molecule has 7 rings (SSSR count). The minimum atomic E-state index is 1.19. The molecule has 150 valence electrons. The Kier molecular flexibility index (Phi) is 3.54. The first-order valence-corrected chi connectivity index (χ1v) is 11.1. The summed E-state index contributed by atoms with van der Waals surface area (Å²) in [5.41, 5.74) is 14.0. The van der Waals surface area contributed by atoms with Crippen molar-refractivity contribution < 1.29 is 0 Å². The number of H-pyrrole nitrogens is 1. The van der Waals surface area contributed by atoms with Crippen LogP contribution in [0.4, 0.5) is 0 Å². The Bertz CT molecular complexity index is 1680. The van der Waals surface area contributed by atoms with Crippen LogP contribution >= 0.6 is 0 Å². The van der Waals surface area contributed by atoms with E-state index in [2.05, 4.69) is 115 Å². The molecule has 6 aromatic rings. The quantitative estimate of drug-likeness (QED) is 0.259. The zero-order chi connectivity index (χ0) is 21.2. The number of aromatic amines is 1. The minimum absolute atomic E-state index is 1.19. The highest BCUT2D eigenvalue weighted by Gasteiger charge is 2.22. The molecule has 1 nitrogen and oxygen atoms in total. The first kappa shape index (κ1) is 17.6. The number of rotatable bonds is 0. The van der Waals surface area contributed by atoms with E-state index in [1.807, 2.05) is 0 Å². The van der Waals surface area contributed by atoms with Gasteiger partial charge in [0.1, 0.15) is 0 Å². The van der Waals surface area contributed by atoms with Crippen molar-refractivity contribution in [3.8, 4) is 44.5 Å². The number of fused-ring (bicyclic) bond motifs is 11. The molecule has 0 spiro atoms. The van der Waals surface area contributed by atoms with Gasteiger partial charge in [-0.2, -0.15) is 0 Å². The van der Waals surface area contributed by atoms with Crippen LogP contribution in [0.15, 0.2) is 103 Å². The molecule has 0 atom stereocenters. The summed E-state index contributed by atoms with van der Waals surface area (Å²) in [4.78, 5) is 3.71. The van der Waals surface area contributed by atoms with Crippen LogP contribution in [0.25, 0.3) is 66.3 Å². The number of para-hydroxylation sites is 1. The lowest BCUT2D eigenvalue weighted by atomic mass is 9.80. The molecular formula is C31H21N. The third-order valence-electron chi connectivity index (χ3n) is 6.92. The largest absolute Gasteiger partial charge is 0.354 e. The highest BCUT2D eigenvalue weighted by molar-refractivity contribution is 6.13. The molecule has 0 unspecified atom stereocenters. The van der Waals surface area contributed by atoms with E-state index in [4.69, 9.17) is 0 Å². The maximum Gasteiger partial charge on any atom is 0.0494 e. The first-order valence-electron chi connectivity index (χ1n) is 11.1. The maximum absolute atomic E-state index is 3.71. The number of nitrogens with one attached hydrogen (secondary N) is 1. The smallest absolute Gasteiger partial charge is 0.0494 e. The Morgan fingerprint density at radius 3 is 1.44 bits per heavy atom. The summed E-state index contributed by atoms with van der Waals surface area (Å²) in [5, 5.41) is 2.57. The Labute approximate surface area is 187 Å². The normalized spacial score (nSPS) is 11.9. The molecule has 0 aliphatic heterocycles. The molecule has 1 heterocycles. The van der Waals surface area contributed by atoms with E-state index in [1.165, 1.54) is 71.9 Å². The van der Waals surface area contributed by atoms with E-state index in [9.17, 15) is 0 Å². The zero-order valence-electron chi connectivity index (χ0n) is 17.8. The Morgan fingerprint density at radius 1 is 0.438 bits per heavy atom. The summed E-state index contributed by atoms with van der Waals surface area (Å²) in [6.45, 7) is 2.18. The fourth-order valence-corrected chi connectivity index (χ4v) is 5.42. The molecule has 5 aromatic carbocycles. The van der Waals surface area contributed by atoms with Crippen molar-refractivity contribution in [3.05, 3.63) is 109 Å². The molecule has 1 heteroatoms. The van der Waals surface area contributed by atoms with Crippen LogP contribution in [0.5, 0.6) is 0 Å². The van der Waals surface area contributed by atoms with Gasteiger partial charge in [0.15, 0.2) is 0 Å². The van der Waals surface area contributed by atoms with Crippen LogP contribution in [-0.4, -0.2) is 4.98 Å². The lowest BCUT2D eigenvalue weighted by Crippen LogP contribution is -1.96. The number of hydrogen-bond donors (Lipinski definition) is 1. The highest BCUT2D eigenvalue weighted by atomic mass is 14.7. The summed E-state index contributed by atoms with van der Waals surface area (Å²) >= 11 is 0. The molecule has 0 fully saturated rings. The molecule has 0 saturated carbocycles. The van der Waals surface area contributed by atoms with Crippen LogP contribution in [0.1, 0.15) is 5.56 Å². The topological polar surface area (TPSA) is 15.8 Å². The van der Waals surface area contributed by atoms with Crippen LogP contribution in [0.2, 0.25) is 0 Å². The van der Waals surface area contributed by atoms with E-state index in [0.29, 0.717) is 0 Å². The van der Waals surface area contributed by atoms with Crippen molar-refractivity contribution in [3.63, 3.8) is 0 Å². The van der Waals surface area contributed by atoms with Crippen molar-refractivity contribution >= 4 is 21.8 Å². The first-order chi connectivity index (χ1) is 15.8. The maximum atomic E-state index is 3.71. The van der Waals surface area contributed by atoms with E-state index >= 15 is 0 Å². The Hall–Kier alpha value is -4.10. The fraction of sp³-hybridized carbons (Fsp3) is 0.0323. The van der Waals surface area contributed by atoms with Crippen LogP contribution in [0, 0.1) is 6.92 Å². The molecule has 0 amide bonds. The van der Waals surface area contributed by atoms with Crippen molar-refractivity contribution in [2.45, 2.75) is 6.92 Å². The molecule has 1 N–H and O–H groups in total. The van der Waals surface area contributed by atoms with Gasteiger partial charge in [-0.25, -0.2) is 0 Å². The fourth-order valence-electron chi connectivity index (χ4n) is 5.42. The molecule has 1 aliphatic carbocycles. The van der Waals surface area contributed by atoms with Gasteiger partial charge >= 0.3 is 0 Å². The summed E-state index contributed by atoms with van der Waals surface area (Å²) < 4.78 is 0. The second-order valence-electron chi connectivity index (χ2n) is 8.70. The van der Waals surface area contributed by atoms with E-state index in [1.54, 1.807) is 0 Å². The van der Waals surface area contributed by atoms with Crippen LogP contribution < -0.4 is 0 Å². The average Bonchev–Trinajstić information content (AvgIpc) is 3.22. The van der Waals surface area contributed by atoms with Crippen molar-refractivity contribution in [2.24, 2.45) is 0 Å². The number of aryl methyl sites for hydroxylation is 1. The third-order valence-corrected chi connectivity index (χ3v) is 6.92. The second kappa shape index (κ2) is 6.45. The van der Waals surface area contributed by atoms with Crippen molar-refractivity contribution in [2.75, 3.05) is 0 Å². The SMILES string of the molecule is Cc1cccc2c1[nH]c1cc3c(cc12)-c1ccccc1-c1ccccc1-c1ccccc1-3. The molecule has 0 radical (unpaired) electrons. The van der Waals surface area contributed by atoms with Gasteiger partial charge in [0, 0.05) is 21.8 Å². The highest BCUT2D eigenvalue weighted by Crippen LogP contribution is 2.48. The molecule has 1 aromatic heterocycles. The van der Waals surface area contributed by atoms with Crippen LogP contribution in [0.3, 0.4) is 0 Å². The summed E-state index contributed by atoms with van der Waals surface area (Å²) in [6, 6.07) is 37.7. The lowest BCUT2D eigenvalue weighted by molar-refractivity contribution is 1.45. The average molecular weight is 408 g/mol. The molecule has 0 bridgehead atoms. The van der Waals surface area contributed by atoms with E-state index in [-0.39, 0.29) is 0 Å². The molecule has 0 saturated heterocycles. The van der Waals surface area contributed by atoms with Gasteiger partial charge in [-0.15, -0.1) is 0 Å². The lowest BCUT2D eigenvalue weighted by Gasteiger charge is -2.23. The molecule has 32 heavy (non-hydrogen) atoms. The summed E-state index contributed by atoms with van der Waals surface area (Å²) in [6.07, 6.45) is 0. The van der Waals surface area contributed by atoms with Crippen molar-refractivity contribution in [1.29, 1.82) is 0 Å². The Morgan fingerprint density at radius 2 is 0.906 bits per heavy atom. The molecule has 1 aliphatic rings. The van der Waals surface area contributed by atoms with Gasteiger partial charge < -0.3 is 4.98 Å². The van der Waals surface area contributed by atoms with Gasteiger partial charge in [-0.3, -0.25) is 0 Å². The zero-order valence-corrected chi connectivity index (χ0v) is 17.8. The predicted octanol–water partition coefficient (Wildman–Crippen LogP) is 8.61. The Balaban J connectivity index is 1.70. The number of hydrogen-bond acceptors (Lipinski definition) is 0. The van der Waals surface area contributed by atoms with E-state index in [0.717, 1.165) is 0 Å². The second-order valence-corrected chi connectivity index (χ2v) is 8.70. The minimum Gasteiger partial charge on any atom is -0.354 e. The van der Waals surface area contributed by atoms with Gasteiger partial charge in [-0.1, -0.05) is 91.0 Å². The van der Waals surface area contributed by atoms with Gasteiger partial charge in [0.05, 0.1) is 0 Å². The predicted molar refractivity (Wildman–Crippen MR) is 136 cm³/mol. The van der Waals surface area contributed by atoms with Gasteiger partial charge in [-0.05, 0) is 69.1 Å². The number of benzene rings is 5. The number of aromatic nitrogens is 1. The summed E-state index contributed by atoms with van der Waals surface area (Å²) in [5.74, 6) is 0. The molecular weight excluding hydrogens is 386 g/mol. The third kappa shape index (κ3) is 2.34. The van der Waals surface area contributed by atoms with Crippen LogP contribution in [-0.2, 0) is 0 Å².